The van der Waals surface area contributed by atoms with Gasteiger partial charge >= 0.3 is 5.97 Å². The number of nitrogens with zero attached hydrogens (tertiary/aromatic N) is 3. The molecule has 0 aliphatic heterocycles. The maximum atomic E-state index is 12.5. The Morgan fingerprint density at radius 1 is 1.19 bits per heavy atom. The first-order valence-electron chi connectivity index (χ1n) is 7.88. The second-order valence-electron chi connectivity index (χ2n) is 5.64. The SMILES string of the molecule is C[C@H](OC(=O)c1cnn(C)c1-n1cccc1)C(=O)Nc1ccc(Br)cc1. The highest BCUT2D eigenvalue weighted by molar-refractivity contribution is 9.10. The zero-order chi connectivity index (χ0) is 18.7. The summed E-state index contributed by atoms with van der Waals surface area (Å²) in [5.41, 5.74) is 0.905. The second-order valence-corrected chi connectivity index (χ2v) is 6.56. The highest BCUT2D eigenvalue weighted by Crippen LogP contribution is 2.17. The van der Waals surface area contributed by atoms with Crippen molar-refractivity contribution in [3.63, 3.8) is 0 Å². The van der Waals surface area contributed by atoms with Crippen molar-refractivity contribution in [2.24, 2.45) is 7.05 Å². The third-order valence-electron chi connectivity index (χ3n) is 3.74. The largest absolute Gasteiger partial charge is 0.449 e. The Bertz CT molecular complexity index is 917. The van der Waals surface area contributed by atoms with E-state index < -0.39 is 18.0 Å². The van der Waals surface area contributed by atoms with Gasteiger partial charge in [-0.1, -0.05) is 15.9 Å². The molecule has 0 saturated carbocycles. The van der Waals surface area contributed by atoms with Crippen LogP contribution in [0.15, 0.2) is 59.5 Å². The van der Waals surface area contributed by atoms with Gasteiger partial charge in [0.25, 0.3) is 5.91 Å². The first-order valence-corrected chi connectivity index (χ1v) is 8.68. The summed E-state index contributed by atoms with van der Waals surface area (Å²) in [5.74, 6) is -0.451. The van der Waals surface area contributed by atoms with E-state index in [1.807, 2.05) is 24.3 Å². The normalized spacial score (nSPS) is 11.8. The summed E-state index contributed by atoms with van der Waals surface area (Å²) in [6.45, 7) is 1.53. The third kappa shape index (κ3) is 3.85. The molecule has 2 heterocycles. The number of carbonyl (C=O) groups excluding carboxylic acids is 2. The lowest BCUT2D eigenvalue weighted by molar-refractivity contribution is -0.123. The van der Waals surface area contributed by atoms with E-state index in [-0.39, 0.29) is 5.56 Å². The van der Waals surface area contributed by atoms with E-state index in [1.54, 1.807) is 40.8 Å². The summed E-state index contributed by atoms with van der Waals surface area (Å²) in [6.07, 6.45) is 4.08. The molecule has 0 unspecified atom stereocenters. The van der Waals surface area contributed by atoms with Gasteiger partial charge in [-0.2, -0.15) is 5.10 Å². The van der Waals surface area contributed by atoms with Gasteiger partial charge in [-0.05, 0) is 43.3 Å². The number of aromatic nitrogens is 3. The van der Waals surface area contributed by atoms with Crippen LogP contribution in [0, 0.1) is 0 Å². The molecule has 2 aromatic heterocycles. The third-order valence-corrected chi connectivity index (χ3v) is 4.27. The second kappa shape index (κ2) is 7.57. The maximum Gasteiger partial charge on any atom is 0.344 e. The number of nitrogens with one attached hydrogen (secondary N) is 1. The van der Waals surface area contributed by atoms with Crippen molar-refractivity contribution in [3.05, 3.63) is 65.0 Å². The summed E-state index contributed by atoms with van der Waals surface area (Å²) in [6, 6.07) is 10.8. The van der Waals surface area contributed by atoms with E-state index in [1.165, 1.54) is 13.1 Å². The highest BCUT2D eigenvalue weighted by Gasteiger charge is 2.23. The van der Waals surface area contributed by atoms with Crippen LogP contribution in [0.25, 0.3) is 5.82 Å². The Hall–Kier alpha value is -2.87. The van der Waals surface area contributed by atoms with Crippen LogP contribution < -0.4 is 5.32 Å². The average Bonchev–Trinajstić information content (AvgIpc) is 3.25. The lowest BCUT2D eigenvalue weighted by Crippen LogP contribution is -2.30. The molecule has 0 radical (unpaired) electrons. The number of aryl methyl sites for hydroxylation is 1. The van der Waals surface area contributed by atoms with Gasteiger partial charge < -0.3 is 14.6 Å². The van der Waals surface area contributed by atoms with E-state index in [4.69, 9.17) is 4.74 Å². The first kappa shape index (κ1) is 17.9. The number of carbonyl (C=O) groups is 2. The van der Waals surface area contributed by atoms with E-state index in [2.05, 4.69) is 26.3 Å². The molecular formula is C18H17BrN4O3. The zero-order valence-electron chi connectivity index (χ0n) is 14.2. The number of hydrogen-bond acceptors (Lipinski definition) is 4. The standard InChI is InChI=1S/C18H17BrN4O3/c1-12(16(24)21-14-7-5-13(19)6-8-14)26-18(25)15-11-20-22(2)17(15)23-9-3-4-10-23/h3-12H,1-2H3,(H,21,24)/t12-/m0/s1. The molecule has 3 aromatic rings. The van der Waals surface area contributed by atoms with Gasteiger partial charge in [-0.3, -0.25) is 9.48 Å². The van der Waals surface area contributed by atoms with E-state index in [0.29, 0.717) is 11.5 Å². The van der Waals surface area contributed by atoms with Crippen molar-refractivity contribution in [1.29, 1.82) is 0 Å². The first-order chi connectivity index (χ1) is 12.5. The predicted octanol–water partition coefficient (Wildman–Crippen LogP) is 3.16. The highest BCUT2D eigenvalue weighted by atomic mass is 79.9. The van der Waals surface area contributed by atoms with E-state index >= 15 is 0 Å². The number of anilines is 1. The van der Waals surface area contributed by atoms with E-state index in [9.17, 15) is 9.59 Å². The number of halogens is 1. The van der Waals surface area contributed by atoms with Crippen molar-refractivity contribution in [2.75, 3.05) is 5.32 Å². The average molecular weight is 417 g/mol. The number of amides is 1. The fourth-order valence-electron chi connectivity index (χ4n) is 2.41. The molecular weight excluding hydrogens is 400 g/mol. The molecule has 0 fully saturated rings. The molecule has 1 aromatic carbocycles. The molecule has 3 rings (SSSR count). The van der Waals surface area contributed by atoms with Gasteiger partial charge in [-0.15, -0.1) is 0 Å². The Kier molecular flexibility index (Phi) is 5.22. The Labute approximate surface area is 158 Å². The summed E-state index contributed by atoms with van der Waals surface area (Å²) in [7, 11) is 1.73. The van der Waals surface area contributed by atoms with Crippen LogP contribution >= 0.6 is 15.9 Å². The van der Waals surface area contributed by atoms with Crippen LogP contribution in [0.1, 0.15) is 17.3 Å². The van der Waals surface area contributed by atoms with Gasteiger partial charge in [0.2, 0.25) is 0 Å². The summed E-state index contributed by atoms with van der Waals surface area (Å²) in [5, 5.41) is 6.82. The fraction of sp³-hybridized carbons (Fsp3) is 0.167. The number of hydrogen-bond donors (Lipinski definition) is 1. The predicted molar refractivity (Wildman–Crippen MR) is 100 cm³/mol. The van der Waals surface area contributed by atoms with Crippen LogP contribution in [0.3, 0.4) is 0 Å². The number of benzene rings is 1. The maximum absolute atomic E-state index is 12.5. The fourth-order valence-corrected chi connectivity index (χ4v) is 2.68. The summed E-state index contributed by atoms with van der Waals surface area (Å²) < 4.78 is 9.56. The molecule has 1 amide bonds. The Balaban J connectivity index is 1.70. The molecule has 0 aliphatic rings. The van der Waals surface area contributed by atoms with Crippen molar-refractivity contribution in [3.8, 4) is 5.82 Å². The number of ether oxygens (including phenoxy) is 1. The lowest BCUT2D eigenvalue weighted by Gasteiger charge is -2.14. The summed E-state index contributed by atoms with van der Waals surface area (Å²) >= 11 is 3.33. The van der Waals surface area contributed by atoms with Gasteiger partial charge in [0.15, 0.2) is 6.10 Å². The molecule has 7 nitrogen and oxygen atoms in total. The zero-order valence-corrected chi connectivity index (χ0v) is 15.8. The minimum Gasteiger partial charge on any atom is -0.449 e. The Morgan fingerprint density at radius 2 is 1.85 bits per heavy atom. The number of rotatable bonds is 5. The molecule has 0 aliphatic carbocycles. The van der Waals surface area contributed by atoms with Crippen LogP contribution in [0.5, 0.6) is 0 Å². The molecule has 0 saturated heterocycles. The minimum absolute atomic E-state index is 0.284. The van der Waals surface area contributed by atoms with Crippen LogP contribution in [0.4, 0.5) is 5.69 Å². The smallest absolute Gasteiger partial charge is 0.344 e. The quantitative estimate of drug-likeness (QED) is 0.647. The summed E-state index contributed by atoms with van der Waals surface area (Å²) in [4.78, 5) is 24.8. The number of esters is 1. The molecule has 0 bridgehead atoms. The molecule has 26 heavy (non-hydrogen) atoms. The van der Waals surface area contributed by atoms with Crippen molar-refractivity contribution in [2.45, 2.75) is 13.0 Å². The van der Waals surface area contributed by atoms with Crippen LogP contribution in [-0.2, 0) is 16.6 Å². The molecule has 0 spiro atoms. The van der Waals surface area contributed by atoms with Crippen LogP contribution in [0.2, 0.25) is 0 Å². The van der Waals surface area contributed by atoms with E-state index in [0.717, 1.165) is 4.47 Å². The lowest BCUT2D eigenvalue weighted by atomic mass is 10.3. The topological polar surface area (TPSA) is 78.2 Å². The van der Waals surface area contributed by atoms with Crippen LogP contribution in [-0.4, -0.2) is 32.3 Å². The van der Waals surface area contributed by atoms with Crippen molar-refractivity contribution < 1.29 is 14.3 Å². The van der Waals surface area contributed by atoms with Gasteiger partial charge in [0.05, 0.1) is 6.20 Å². The van der Waals surface area contributed by atoms with Gasteiger partial charge in [0.1, 0.15) is 11.4 Å². The van der Waals surface area contributed by atoms with Crippen molar-refractivity contribution in [1.82, 2.24) is 14.3 Å². The molecule has 134 valence electrons. The monoisotopic (exact) mass is 416 g/mol. The molecule has 1 atom stereocenters. The molecule has 8 heteroatoms. The van der Waals surface area contributed by atoms with Gasteiger partial charge in [0, 0.05) is 29.6 Å². The Morgan fingerprint density at radius 3 is 2.50 bits per heavy atom. The minimum atomic E-state index is -0.955. The van der Waals surface area contributed by atoms with Crippen molar-refractivity contribution >= 4 is 33.5 Å². The molecule has 1 N–H and O–H groups in total. The van der Waals surface area contributed by atoms with Gasteiger partial charge in [-0.25, -0.2) is 4.79 Å².